The topological polar surface area (TPSA) is 70.2 Å². The van der Waals surface area contributed by atoms with E-state index in [1.165, 1.54) is 18.3 Å². The molecule has 0 aromatic carbocycles. The number of nitrogens with zero attached hydrogens (tertiary/aromatic N) is 3. The molecule has 2 N–H and O–H groups in total. The van der Waals surface area contributed by atoms with Crippen molar-refractivity contribution in [3.63, 3.8) is 0 Å². The van der Waals surface area contributed by atoms with Crippen LogP contribution in [-0.2, 0) is 0 Å². The maximum Gasteiger partial charge on any atom is 0.319 e. The average Bonchev–Trinajstić information content (AvgIpc) is 2.63. The first-order valence-corrected chi connectivity index (χ1v) is 8.03. The number of carbonyl (C=O) groups excluding carboxylic acids is 1. The monoisotopic (exact) mass is 329 g/mol. The van der Waals surface area contributed by atoms with Crippen LogP contribution in [0.25, 0.3) is 0 Å². The molecular weight excluding hydrogens is 309 g/mol. The van der Waals surface area contributed by atoms with Gasteiger partial charge in [0, 0.05) is 25.8 Å². The Bertz CT molecular complexity index is 664. The van der Waals surface area contributed by atoms with Gasteiger partial charge in [0.25, 0.3) is 0 Å². The third-order valence-electron chi connectivity index (χ3n) is 4.03. The molecule has 0 spiro atoms. The van der Waals surface area contributed by atoms with Crippen molar-refractivity contribution in [3.05, 3.63) is 48.7 Å². The van der Waals surface area contributed by atoms with Crippen molar-refractivity contribution < 1.29 is 9.18 Å². The average molecular weight is 329 g/mol. The maximum absolute atomic E-state index is 12.7. The molecule has 1 fully saturated rings. The lowest BCUT2D eigenvalue weighted by Crippen LogP contribution is -2.42. The third-order valence-corrected chi connectivity index (χ3v) is 4.03. The van der Waals surface area contributed by atoms with Crippen molar-refractivity contribution in [1.29, 1.82) is 0 Å². The van der Waals surface area contributed by atoms with Crippen molar-refractivity contribution in [2.24, 2.45) is 5.92 Å². The molecule has 0 saturated carbocycles. The normalized spacial score (nSPS) is 17.4. The number of nitrogens with one attached hydrogen (secondary N) is 2. The van der Waals surface area contributed by atoms with Crippen LogP contribution in [0.1, 0.15) is 12.8 Å². The fourth-order valence-corrected chi connectivity index (χ4v) is 2.84. The molecule has 3 heterocycles. The summed E-state index contributed by atoms with van der Waals surface area (Å²) in [5, 5.41) is 5.52. The molecule has 3 rings (SSSR count). The van der Waals surface area contributed by atoms with E-state index in [0.29, 0.717) is 18.2 Å². The van der Waals surface area contributed by atoms with Gasteiger partial charge >= 0.3 is 6.03 Å². The van der Waals surface area contributed by atoms with Crippen LogP contribution in [-0.4, -0.2) is 35.6 Å². The first-order valence-electron chi connectivity index (χ1n) is 8.03. The molecular formula is C17H20FN5O. The molecule has 6 nitrogen and oxygen atoms in total. The molecule has 0 aliphatic carbocycles. The molecule has 2 aromatic rings. The Balaban J connectivity index is 1.47. The number of hydrogen-bond acceptors (Lipinski definition) is 4. The largest absolute Gasteiger partial charge is 0.356 e. The number of pyridine rings is 2. The van der Waals surface area contributed by atoms with E-state index in [0.717, 1.165) is 31.7 Å². The van der Waals surface area contributed by atoms with Crippen molar-refractivity contribution in [2.75, 3.05) is 29.9 Å². The lowest BCUT2D eigenvalue weighted by Gasteiger charge is -2.33. The molecule has 1 unspecified atom stereocenters. The minimum absolute atomic E-state index is 0.307. The highest BCUT2D eigenvalue weighted by Gasteiger charge is 2.21. The predicted molar refractivity (Wildman–Crippen MR) is 90.4 cm³/mol. The van der Waals surface area contributed by atoms with Gasteiger partial charge in [-0.1, -0.05) is 6.07 Å². The highest BCUT2D eigenvalue weighted by atomic mass is 19.1. The van der Waals surface area contributed by atoms with Gasteiger partial charge in [-0.2, -0.15) is 4.39 Å². The third kappa shape index (κ3) is 4.41. The smallest absolute Gasteiger partial charge is 0.319 e. The number of rotatable bonds is 4. The minimum Gasteiger partial charge on any atom is -0.356 e. The number of hydrogen-bond donors (Lipinski definition) is 2. The second kappa shape index (κ2) is 7.72. The summed E-state index contributed by atoms with van der Waals surface area (Å²) in [7, 11) is 0. The number of piperidine rings is 1. The Labute approximate surface area is 140 Å². The number of amides is 2. The van der Waals surface area contributed by atoms with Gasteiger partial charge in [-0.15, -0.1) is 0 Å². The minimum atomic E-state index is -0.572. The molecule has 126 valence electrons. The van der Waals surface area contributed by atoms with E-state index >= 15 is 0 Å². The molecule has 0 bridgehead atoms. The van der Waals surface area contributed by atoms with Crippen molar-refractivity contribution in [3.8, 4) is 0 Å². The van der Waals surface area contributed by atoms with Crippen LogP contribution in [0, 0.1) is 11.9 Å². The van der Waals surface area contributed by atoms with E-state index in [4.69, 9.17) is 0 Å². The van der Waals surface area contributed by atoms with Gasteiger partial charge in [0.15, 0.2) is 0 Å². The Morgan fingerprint density at radius 2 is 2.21 bits per heavy atom. The Morgan fingerprint density at radius 3 is 2.96 bits per heavy atom. The highest BCUT2D eigenvalue weighted by Crippen LogP contribution is 2.20. The fourth-order valence-electron chi connectivity index (χ4n) is 2.84. The summed E-state index contributed by atoms with van der Waals surface area (Å²) in [6.07, 6.45) is 5.23. The maximum atomic E-state index is 12.7. The van der Waals surface area contributed by atoms with Crippen LogP contribution in [0.2, 0.25) is 0 Å². The summed E-state index contributed by atoms with van der Waals surface area (Å²) in [5.74, 6) is 0.777. The molecule has 2 aromatic heterocycles. The van der Waals surface area contributed by atoms with Gasteiger partial charge in [0.05, 0.1) is 11.9 Å². The molecule has 1 aliphatic rings. The van der Waals surface area contributed by atoms with Gasteiger partial charge in [0.2, 0.25) is 5.95 Å². The molecule has 7 heteroatoms. The number of carbonyl (C=O) groups is 1. The van der Waals surface area contributed by atoms with Crippen LogP contribution in [0.4, 0.5) is 20.7 Å². The van der Waals surface area contributed by atoms with Crippen LogP contribution in [0.15, 0.2) is 42.7 Å². The van der Waals surface area contributed by atoms with Gasteiger partial charge in [-0.05, 0) is 43.0 Å². The number of anilines is 2. The highest BCUT2D eigenvalue weighted by molar-refractivity contribution is 5.88. The number of urea groups is 1. The summed E-state index contributed by atoms with van der Waals surface area (Å²) in [5.41, 5.74) is 0.465. The molecule has 1 aliphatic heterocycles. The predicted octanol–water partition coefficient (Wildman–Crippen LogP) is 2.65. The standard InChI is InChI=1S/C17H20FN5O/c18-15-7-6-14(11-20-15)22-17(24)21-10-13-4-3-9-23(12-13)16-5-1-2-8-19-16/h1-2,5-8,11,13H,3-4,9-10,12H2,(H2,21,22,24). The van der Waals surface area contributed by atoms with E-state index < -0.39 is 5.95 Å². The van der Waals surface area contributed by atoms with Crippen molar-refractivity contribution >= 4 is 17.5 Å². The summed E-state index contributed by atoms with van der Waals surface area (Å²) >= 11 is 0. The zero-order valence-corrected chi connectivity index (χ0v) is 13.3. The molecule has 1 saturated heterocycles. The first kappa shape index (κ1) is 16.2. The van der Waals surface area contributed by atoms with Crippen LogP contribution in [0.3, 0.4) is 0 Å². The Hall–Kier alpha value is -2.70. The fraction of sp³-hybridized carbons (Fsp3) is 0.353. The van der Waals surface area contributed by atoms with E-state index in [9.17, 15) is 9.18 Å². The van der Waals surface area contributed by atoms with Crippen molar-refractivity contribution in [2.45, 2.75) is 12.8 Å². The van der Waals surface area contributed by atoms with Crippen LogP contribution >= 0.6 is 0 Å². The van der Waals surface area contributed by atoms with Gasteiger partial charge < -0.3 is 15.5 Å². The summed E-state index contributed by atoms with van der Waals surface area (Å²) < 4.78 is 12.7. The molecule has 0 radical (unpaired) electrons. The van der Waals surface area contributed by atoms with E-state index in [-0.39, 0.29) is 6.03 Å². The Kier molecular flexibility index (Phi) is 5.20. The second-order valence-electron chi connectivity index (χ2n) is 5.85. The Morgan fingerprint density at radius 1 is 1.29 bits per heavy atom. The van der Waals surface area contributed by atoms with Gasteiger partial charge in [-0.3, -0.25) is 0 Å². The van der Waals surface area contributed by atoms with E-state index in [1.54, 1.807) is 6.20 Å². The summed E-state index contributed by atoms with van der Waals surface area (Å²) in [4.78, 5) is 22.1. The zero-order valence-electron chi connectivity index (χ0n) is 13.3. The van der Waals surface area contributed by atoms with Crippen LogP contribution in [0.5, 0.6) is 0 Å². The zero-order chi connectivity index (χ0) is 16.8. The van der Waals surface area contributed by atoms with Gasteiger partial charge in [-0.25, -0.2) is 14.8 Å². The van der Waals surface area contributed by atoms with E-state index in [2.05, 4.69) is 25.5 Å². The molecule has 1 atom stereocenters. The first-order chi connectivity index (χ1) is 11.7. The van der Waals surface area contributed by atoms with Crippen LogP contribution < -0.4 is 15.5 Å². The number of aromatic nitrogens is 2. The van der Waals surface area contributed by atoms with E-state index in [1.807, 2.05) is 18.2 Å². The lowest BCUT2D eigenvalue weighted by molar-refractivity contribution is 0.249. The van der Waals surface area contributed by atoms with Gasteiger partial charge in [0.1, 0.15) is 5.82 Å². The second-order valence-corrected chi connectivity index (χ2v) is 5.85. The summed E-state index contributed by atoms with van der Waals surface area (Å²) in [6, 6.07) is 8.27. The SMILES string of the molecule is O=C(NCC1CCCN(c2ccccn2)C1)Nc1ccc(F)nc1. The molecule has 24 heavy (non-hydrogen) atoms. The lowest BCUT2D eigenvalue weighted by atomic mass is 9.98. The molecule has 2 amide bonds. The quantitative estimate of drug-likeness (QED) is 0.846. The number of halogens is 1. The summed E-state index contributed by atoms with van der Waals surface area (Å²) in [6.45, 7) is 2.44. The van der Waals surface area contributed by atoms with Crippen molar-refractivity contribution in [1.82, 2.24) is 15.3 Å².